The first-order valence-corrected chi connectivity index (χ1v) is 11.1. The molecule has 2 aromatic carbocycles. The molecule has 0 spiro atoms. The van der Waals surface area contributed by atoms with Gasteiger partial charge in [-0.05, 0) is 82.1 Å². The number of carbonyl (C=O) groups excluding carboxylic acids is 1. The van der Waals surface area contributed by atoms with Gasteiger partial charge in [0.25, 0.3) is 0 Å². The van der Waals surface area contributed by atoms with Crippen molar-refractivity contribution in [2.24, 2.45) is 11.5 Å². The van der Waals surface area contributed by atoms with E-state index in [1.807, 2.05) is 57.2 Å². The summed E-state index contributed by atoms with van der Waals surface area (Å²) in [6.45, 7) is 7.00. The van der Waals surface area contributed by atoms with Gasteiger partial charge in [0.1, 0.15) is 5.60 Å². The zero-order valence-corrected chi connectivity index (χ0v) is 19.3. The number of esters is 1. The predicted molar refractivity (Wildman–Crippen MR) is 123 cm³/mol. The van der Waals surface area contributed by atoms with Crippen molar-refractivity contribution in [1.82, 2.24) is 0 Å². The summed E-state index contributed by atoms with van der Waals surface area (Å²) in [5.41, 5.74) is 13.0. The van der Waals surface area contributed by atoms with Gasteiger partial charge in [-0.1, -0.05) is 40.2 Å². The molecule has 0 saturated carbocycles. The van der Waals surface area contributed by atoms with E-state index in [0.717, 1.165) is 28.8 Å². The highest BCUT2D eigenvalue weighted by molar-refractivity contribution is 9.10. The van der Waals surface area contributed by atoms with Crippen LogP contribution >= 0.6 is 27.7 Å². The van der Waals surface area contributed by atoms with Gasteiger partial charge < -0.3 is 16.2 Å². The predicted octanol–water partition coefficient (Wildman–Crippen LogP) is 4.57. The first-order valence-electron chi connectivity index (χ1n) is 9.31. The molecule has 0 aliphatic heterocycles. The summed E-state index contributed by atoms with van der Waals surface area (Å²) >= 11 is 4.86. The van der Waals surface area contributed by atoms with Crippen LogP contribution < -0.4 is 11.5 Å². The summed E-state index contributed by atoms with van der Waals surface area (Å²) in [7, 11) is 0. The molecule has 0 aliphatic rings. The molecule has 4 nitrogen and oxygen atoms in total. The number of benzene rings is 2. The molecule has 0 heterocycles. The maximum atomic E-state index is 11.5. The van der Waals surface area contributed by atoms with E-state index in [2.05, 4.69) is 28.1 Å². The van der Waals surface area contributed by atoms with Crippen molar-refractivity contribution in [3.63, 3.8) is 0 Å². The Labute approximate surface area is 181 Å². The van der Waals surface area contributed by atoms with Gasteiger partial charge in [0, 0.05) is 9.37 Å². The van der Waals surface area contributed by atoms with Crippen LogP contribution in [0.2, 0.25) is 0 Å². The Kier molecular flexibility index (Phi) is 11.5. The summed E-state index contributed by atoms with van der Waals surface area (Å²) in [6.07, 6.45) is 1.85. The van der Waals surface area contributed by atoms with Crippen LogP contribution in [0.5, 0.6) is 0 Å². The van der Waals surface area contributed by atoms with Gasteiger partial charge in [-0.3, -0.25) is 4.79 Å². The molecule has 0 atom stereocenters. The third-order valence-electron chi connectivity index (χ3n) is 3.48. The Balaban J connectivity index is 0.000000330. The standard InChI is InChI=1S/C14H21NO2S.C8H10BrN/c1-14(2,3)17-13(16)10-18-12-6-4-11(5-7-12)8-9-15;9-8-3-1-7(2-4-8)5-6-10/h4-7H,8-10,15H2,1-3H3;1-4H,5-6,10H2. The maximum Gasteiger partial charge on any atom is 0.316 e. The topological polar surface area (TPSA) is 78.3 Å². The molecule has 28 heavy (non-hydrogen) atoms. The van der Waals surface area contributed by atoms with E-state index in [0.29, 0.717) is 12.3 Å². The Morgan fingerprint density at radius 3 is 1.82 bits per heavy atom. The second-order valence-electron chi connectivity index (χ2n) is 7.22. The van der Waals surface area contributed by atoms with Crippen LogP contribution in [-0.2, 0) is 22.4 Å². The molecule has 0 fully saturated rings. The van der Waals surface area contributed by atoms with Crippen LogP contribution in [0.1, 0.15) is 31.9 Å². The van der Waals surface area contributed by atoms with Gasteiger partial charge in [0.05, 0.1) is 5.75 Å². The molecule has 0 saturated heterocycles. The van der Waals surface area contributed by atoms with Crippen molar-refractivity contribution in [1.29, 1.82) is 0 Å². The zero-order valence-electron chi connectivity index (χ0n) is 16.9. The number of hydrogen-bond acceptors (Lipinski definition) is 5. The molecule has 0 amide bonds. The van der Waals surface area contributed by atoms with Crippen molar-refractivity contribution < 1.29 is 9.53 Å². The average molecular weight is 467 g/mol. The van der Waals surface area contributed by atoms with Crippen LogP contribution in [0.25, 0.3) is 0 Å². The second kappa shape index (κ2) is 13.0. The van der Waals surface area contributed by atoms with Crippen molar-refractivity contribution in [2.45, 2.75) is 44.1 Å². The van der Waals surface area contributed by atoms with Crippen molar-refractivity contribution in [3.05, 3.63) is 64.1 Å². The first-order chi connectivity index (χ1) is 13.2. The maximum absolute atomic E-state index is 11.5. The third-order valence-corrected chi connectivity index (χ3v) is 4.99. The number of thioether (sulfide) groups is 1. The lowest BCUT2D eigenvalue weighted by molar-refractivity contribution is -0.151. The van der Waals surface area contributed by atoms with Gasteiger partial charge in [-0.25, -0.2) is 0 Å². The van der Waals surface area contributed by atoms with Crippen LogP contribution in [0.4, 0.5) is 0 Å². The molecule has 0 radical (unpaired) electrons. The lowest BCUT2D eigenvalue weighted by Crippen LogP contribution is -2.24. The smallest absolute Gasteiger partial charge is 0.316 e. The van der Waals surface area contributed by atoms with Crippen LogP contribution in [0.15, 0.2) is 57.9 Å². The molecular formula is C22H31BrN2O2S. The number of nitrogens with two attached hydrogens (primary N) is 2. The minimum Gasteiger partial charge on any atom is -0.459 e. The minimum atomic E-state index is -0.414. The summed E-state index contributed by atoms with van der Waals surface area (Å²) in [5, 5.41) is 0. The van der Waals surface area contributed by atoms with Crippen LogP contribution in [0, 0.1) is 0 Å². The molecule has 4 N–H and O–H groups in total. The number of hydrogen-bond donors (Lipinski definition) is 2. The number of rotatable bonds is 7. The highest BCUT2D eigenvalue weighted by Crippen LogP contribution is 2.20. The first kappa shape index (κ1) is 24.7. The fraction of sp³-hybridized carbons (Fsp3) is 0.409. The molecule has 0 aliphatic carbocycles. The van der Waals surface area contributed by atoms with E-state index in [9.17, 15) is 4.79 Å². The fourth-order valence-corrected chi connectivity index (χ4v) is 3.19. The Morgan fingerprint density at radius 1 is 0.929 bits per heavy atom. The second-order valence-corrected chi connectivity index (χ2v) is 9.19. The number of ether oxygens (including phenoxy) is 1. The van der Waals surface area contributed by atoms with Gasteiger partial charge in [-0.15, -0.1) is 11.8 Å². The Bertz CT molecular complexity index is 698. The van der Waals surface area contributed by atoms with E-state index >= 15 is 0 Å². The van der Waals surface area contributed by atoms with E-state index < -0.39 is 5.60 Å². The molecule has 2 aromatic rings. The molecule has 0 aromatic heterocycles. The van der Waals surface area contributed by atoms with E-state index in [1.165, 1.54) is 22.9 Å². The number of carbonyl (C=O) groups is 1. The highest BCUT2D eigenvalue weighted by Gasteiger charge is 2.16. The van der Waals surface area contributed by atoms with E-state index in [4.69, 9.17) is 16.2 Å². The van der Waals surface area contributed by atoms with E-state index in [-0.39, 0.29) is 5.97 Å². The molecule has 6 heteroatoms. The van der Waals surface area contributed by atoms with E-state index in [1.54, 1.807) is 0 Å². The SMILES string of the molecule is CC(C)(C)OC(=O)CSc1ccc(CCN)cc1.NCCc1ccc(Br)cc1. The molecule has 0 bridgehead atoms. The number of halogens is 1. The Morgan fingerprint density at radius 2 is 1.39 bits per heavy atom. The van der Waals surface area contributed by atoms with Gasteiger partial charge >= 0.3 is 5.97 Å². The quantitative estimate of drug-likeness (QED) is 0.461. The van der Waals surface area contributed by atoms with Gasteiger partial charge in [0.15, 0.2) is 0 Å². The summed E-state index contributed by atoms with van der Waals surface area (Å²) in [6, 6.07) is 16.3. The lowest BCUT2D eigenvalue weighted by Gasteiger charge is -2.19. The van der Waals surface area contributed by atoms with Crippen molar-refractivity contribution in [3.8, 4) is 0 Å². The van der Waals surface area contributed by atoms with Crippen molar-refractivity contribution in [2.75, 3.05) is 18.8 Å². The van der Waals surface area contributed by atoms with Crippen molar-refractivity contribution >= 4 is 33.7 Å². The fourth-order valence-electron chi connectivity index (χ4n) is 2.25. The summed E-state index contributed by atoms with van der Waals surface area (Å²) < 4.78 is 6.36. The summed E-state index contributed by atoms with van der Waals surface area (Å²) in [5.74, 6) is 0.159. The average Bonchev–Trinajstić information content (AvgIpc) is 2.63. The molecular weight excluding hydrogens is 436 g/mol. The molecule has 2 rings (SSSR count). The normalized spacial score (nSPS) is 10.8. The highest BCUT2D eigenvalue weighted by atomic mass is 79.9. The monoisotopic (exact) mass is 466 g/mol. The summed E-state index contributed by atoms with van der Waals surface area (Å²) in [4.78, 5) is 12.6. The zero-order chi connectivity index (χ0) is 21.0. The van der Waals surface area contributed by atoms with Gasteiger partial charge in [0.2, 0.25) is 0 Å². The van der Waals surface area contributed by atoms with Gasteiger partial charge in [-0.2, -0.15) is 0 Å². The molecule has 154 valence electrons. The lowest BCUT2D eigenvalue weighted by atomic mass is 10.2. The third kappa shape index (κ3) is 11.5. The minimum absolute atomic E-state index is 0.182. The molecule has 0 unspecified atom stereocenters. The van der Waals surface area contributed by atoms with Crippen LogP contribution in [-0.4, -0.2) is 30.4 Å². The largest absolute Gasteiger partial charge is 0.459 e. The Hall–Kier alpha value is -1.34. The van der Waals surface area contributed by atoms with Crippen LogP contribution in [0.3, 0.4) is 0 Å².